The van der Waals surface area contributed by atoms with Crippen LogP contribution in [0.15, 0.2) is 24.3 Å². The summed E-state index contributed by atoms with van der Waals surface area (Å²) < 4.78 is 0. The molecule has 2 aliphatic rings. The van der Waals surface area contributed by atoms with Gasteiger partial charge in [-0.15, -0.1) is 0 Å². The van der Waals surface area contributed by atoms with Crippen LogP contribution in [-0.2, 0) is 9.59 Å². The molecule has 0 spiro atoms. The fourth-order valence-electron chi connectivity index (χ4n) is 2.36. The van der Waals surface area contributed by atoms with Gasteiger partial charge in [0, 0.05) is 17.2 Å². The minimum atomic E-state index is -1.01. The van der Waals surface area contributed by atoms with E-state index in [-0.39, 0.29) is 17.7 Å². The number of benzene rings is 1. The monoisotopic (exact) mass is 302 g/mol. The lowest BCUT2D eigenvalue weighted by Gasteiger charge is -2.14. The summed E-state index contributed by atoms with van der Waals surface area (Å²) in [6.45, 7) is 0. The molecule has 3 rings (SSSR count). The number of carboxylic acids is 1. The van der Waals surface area contributed by atoms with Gasteiger partial charge >= 0.3 is 5.97 Å². The van der Waals surface area contributed by atoms with E-state index in [9.17, 15) is 14.4 Å². The lowest BCUT2D eigenvalue weighted by atomic mass is 10.1. The number of rotatable bonds is 6. The first-order valence-electron chi connectivity index (χ1n) is 7.49. The van der Waals surface area contributed by atoms with Crippen molar-refractivity contribution in [1.82, 2.24) is 5.32 Å². The molecule has 2 fully saturated rings. The van der Waals surface area contributed by atoms with Crippen LogP contribution in [0.5, 0.6) is 0 Å². The zero-order chi connectivity index (χ0) is 15.7. The molecule has 6 heteroatoms. The average molecular weight is 302 g/mol. The van der Waals surface area contributed by atoms with E-state index in [0.717, 1.165) is 25.7 Å². The zero-order valence-corrected chi connectivity index (χ0v) is 12.0. The standard InChI is InChI=1S/C16H18N2O4/c19-14(10-6-7-10)17-12-3-1-2-11(8-12)15(20)18-13(16(21)22)9-4-5-9/h1-3,8-10,13H,4-7H2,(H,17,19)(H,18,20)(H,21,22). The van der Waals surface area contributed by atoms with Gasteiger partial charge in [-0.25, -0.2) is 4.79 Å². The predicted molar refractivity (Wildman–Crippen MR) is 79.4 cm³/mol. The van der Waals surface area contributed by atoms with Gasteiger partial charge in [0.1, 0.15) is 6.04 Å². The van der Waals surface area contributed by atoms with Gasteiger partial charge < -0.3 is 15.7 Å². The van der Waals surface area contributed by atoms with Crippen molar-refractivity contribution >= 4 is 23.5 Å². The molecule has 0 heterocycles. The van der Waals surface area contributed by atoms with E-state index in [4.69, 9.17) is 5.11 Å². The van der Waals surface area contributed by atoms with Crippen molar-refractivity contribution in [2.75, 3.05) is 5.32 Å². The van der Waals surface area contributed by atoms with Crippen molar-refractivity contribution in [1.29, 1.82) is 0 Å². The molecule has 0 radical (unpaired) electrons. The third-order valence-electron chi connectivity index (χ3n) is 3.99. The molecule has 22 heavy (non-hydrogen) atoms. The number of carbonyl (C=O) groups excluding carboxylic acids is 2. The van der Waals surface area contributed by atoms with Crippen molar-refractivity contribution in [3.05, 3.63) is 29.8 Å². The van der Waals surface area contributed by atoms with E-state index in [0.29, 0.717) is 11.3 Å². The highest BCUT2D eigenvalue weighted by molar-refractivity contribution is 5.99. The molecular formula is C16H18N2O4. The highest BCUT2D eigenvalue weighted by Gasteiger charge is 2.37. The number of aliphatic carboxylic acids is 1. The lowest BCUT2D eigenvalue weighted by molar-refractivity contribution is -0.139. The number of nitrogens with one attached hydrogen (secondary N) is 2. The van der Waals surface area contributed by atoms with Crippen LogP contribution in [0.2, 0.25) is 0 Å². The first-order valence-corrected chi connectivity index (χ1v) is 7.49. The van der Waals surface area contributed by atoms with Crippen molar-refractivity contribution in [3.8, 4) is 0 Å². The molecule has 2 aliphatic carbocycles. The topological polar surface area (TPSA) is 95.5 Å². The largest absolute Gasteiger partial charge is 0.480 e. The highest BCUT2D eigenvalue weighted by Crippen LogP contribution is 2.33. The van der Waals surface area contributed by atoms with Gasteiger partial charge in [-0.3, -0.25) is 9.59 Å². The molecule has 1 aromatic rings. The van der Waals surface area contributed by atoms with Crippen LogP contribution in [-0.4, -0.2) is 28.9 Å². The van der Waals surface area contributed by atoms with Crippen molar-refractivity contribution in [2.45, 2.75) is 31.7 Å². The summed E-state index contributed by atoms with van der Waals surface area (Å²) >= 11 is 0. The molecule has 1 atom stereocenters. The van der Waals surface area contributed by atoms with Gasteiger partial charge in [0.05, 0.1) is 0 Å². The smallest absolute Gasteiger partial charge is 0.326 e. The van der Waals surface area contributed by atoms with Gasteiger partial charge in [-0.05, 0) is 49.8 Å². The van der Waals surface area contributed by atoms with E-state index in [1.807, 2.05) is 0 Å². The van der Waals surface area contributed by atoms with Gasteiger partial charge in [-0.1, -0.05) is 6.07 Å². The Hall–Kier alpha value is -2.37. The molecular weight excluding hydrogens is 284 g/mol. The predicted octanol–water partition coefficient (Wildman–Crippen LogP) is 1.63. The Kier molecular flexibility index (Phi) is 3.83. The Labute approximate surface area is 127 Å². The maximum absolute atomic E-state index is 12.2. The summed E-state index contributed by atoms with van der Waals surface area (Å²) in [7, 11) is 0. The highest BCUT2D eigenvalue weighted by atomic mass is 16.4. The number of carbonyl (C=O) groups is 3. The van der Waals surface area contributed by atoms with Crippen LogP contribution in [0.1, 0.15) is 36.0 Å². The Bertz CT molecular complexity index is 620. The van der Waals surface area contributed by atoms with Crippen LogP contribution in [0.3, 0.4) is 0 Å². The second-order valence-corrected chi connectivity index (χ2v) is 5.97. The third-order valence-corrected chi connectivity index (χ3v) is 3.99. The first kappa shape index (κ1) is 14.6. The number of hydrogen-bond donors (Lipinski definition) is 3. The summed E-state index contributed by atoms with van der Waals surface area (Å²) in [5.41, 5.74) is 0.906. The van der Waals surface area contributed by atoms with Gasteiger partial charge in [0.25, 0.3) is 5.91 Å². The SMILES string of the molecule is O=C(NC(C(=O)O)C1CC1)c1cccc(NC(=O)C2CC2)c1. The van der Waals surface area contributed by atoms with E-state index >= 15 is 0 Å². The van der Waals surface area contributed by atoms with Crippen molar-refractivity contribution in [2.24, 2.45) is 11.8 Å². The summed E-state index contributed by atoms with van der Waals surface area (Å²) in [6.07, 6.45) is 3.48. The molecule has 116 valence electrons. The minimum Gasteiger partial charge on any atom is -0.480 e. The summed E-state index contributed by atoms with van der Waals surface area (Å²) in [4.78, 5) is 35.1. The normalized spacial score (nSPS) is 18.4. The van der Waals surface area contributed by atoms with Crippen LogP contribution >= 0.6 is 0 Å². The van der Waals surface area contributed by atoms with Crippen LogP contribution < -0.4 is 10.6 Å². The lowest BCUT2D eigenvalue weighted by Crippen LogP contribution is -2.42. The first-order chi connectivity index (χ1) is 10.5. The molecule has 0 saturated heterocycles. The minimum absolute atomic E-state index is 0.0270. The molecule has 0 bridgehead atoms. The molecule has 0 aliphatic heterocycles. The van der Waals surface area contributed by atoms with Crippen LogP contribution in [0.25, 0.3) is 0 Å². The van der Waals surface area contributed by atoms with E-state index in [1.165, 1.54) is 0 Å². The van der Waals surface area contributed by atoms with E-state index in [1.54, 1.807) is 24.3 Å². The maximum Gasteiger partial charge on any atom is 0.326 e. The number of anilines is 1. The zero-order valence-electron chi connectivity index (χ0n) is 12.0. The number of hydrogen-bond acceptors (Lipinski definition) is 3. The molecule has 3 N–H and O–H groups in total. The molecule has 2 saturated carbocycles. The number of carboxylic acid groups (broad SMARTS) is 1. The van der Waals surface area contributed by atoms with E-state index in [2.05, 4.69) is 10.6 Å². The van der Waals surface area contributed by atoms with Gasteiger partial charge in [-0.2, -0.15) is 0 Å². The molecule has 2 amide bonds. The van der Waals surface area contributed by atoms with E-state index < -0.39 is 17.9 Å². The van der Waals surface area contributed by atoms with Crippen molar-refractivity contribution in [3.63, 3.8) is 0 Å². The summed E-state index contributed by atoms with van der Waals surface area (Å²) in [5, 5.41) is 14.5. The Morgan fingerprint density at radius 3 is 2.45 bits per heavy atom. The molecule has 0 aromatic heterocycles. The fourth-order valence-corrected chi connectivity index (χ4v) is 2.36. The number of amides is 2. The Balaban J connectivity index is 1.66. The quantitative estimate of drug-likeness (QED) is 0.744. The third kappa shape index (κ3) is 3.44. The molecule has 6 nitrogen and oxygen atoms in total. The van der Waals surface area contributed by atoms with Crippen LogP contribution in [0.4, 0.5) is 5.69 Å². The average Bonchev–Trinajstić information content (AvgIpc) is 3.37. The van der Waals surface area contributed by atoms with Crippen LogP contribution in [0, 0.1) is 11.8 Å². The van der Waals surface area contributed by atoms with Crippen molar-refractivity contribution < 1.29 is 19.5 Å². The molecule has 1 unspecified atom stereocenters. The second-order valence-electron chi connectivity index (χ2n) is 5.97. The Morgan fingerprint density at radius 2 is 1.86 bits per heavy atom. The molecule has 1 aromatic carbocycles. The fraction of sp³-hybridized carbons (Fsp3) is 0.438. The summed E-state index contributed by atoms with van der Waals surface area (Å²) in [5.74, 6) is -1.35. The van der Waals surface area contributed by atoms with Gasteiger partial charge in [0.2, 0.25) is 5.91 Å². The van der Waals surface area contributed by atoms with Gasteiger partial charge in [0.15, 0.2) is 0 Å². The Morgan fingerprint density at radius 1 is 1.14 bits per heavy atom. The maximum atomic E-state index is 12.2. The second kappa shape index (κ2) is 5.79. The summed E-state index contributed by atoms with van der Waals surface area (Å²) in [6, 6.07) is 5.73.